The van der Waals surface area contributed by atoms with Crippen LogP contribution in [0.2, 0.25) is 0 Å². The molecule has 1 aromatic heterocycles. The maximum atomic E-state index is 12.0. The molecule has 8 heteroatoms. The number of aryl methyl sites for hydroxylation is 1. The number of aliphatic carboxylic acids is 1. The highest BCUT2D eigenvalue weighted by molar-refractivity contribution is 5.94. The third kappa shape index (κ3) is 5.32. The molecule has 1 N–H and O–H groups in total. The van der Waals surface area contributed by atoms with Gasteiger partial charge in [0.25, 0.3) is 5.91 Å². The number of rotatable bonds is 7. The Morgan fingerprint density at radius 1 is 1.48 bits per heavy atom. The number of nitrogens with zero attached hydrogens (tertiary/aromatic N) is 3. The van der Waals surface area contributed by atoms with Crippen molar-refractivity contribution < 1.29 is 24.2 Å². The Hall–Kier alpha value is -2.51. The van der Waals surface area contributed by atoms with Gasteiger partial charge < -0.3 is 20.1 Å². The Kier molecular flexibility index (Phi) is 5.25. The SMILES string of the molecule is CC1(C)CC(CCNC(=O)c2cc[n+](CCC(=O)[O-])nc2)=NO1. The quantitative estimate of drug-likeness (QED) is 0.661. The Labute approximate surface area is 134 Å². The van der Waals surface area contributed by atoms with Gasteiger partial charge in [0.2, 0.25) is 0 Å². The second-order valence-electron chi connectivity index (χ2n) is 5.99. The Morgan fingerprint density at radius 2 is 2.26 bits per heavy atom. The highest BCUT2D eigenvalue weighted by Crippen LogP contribution is 2.23. The molecule has 0 bridgehead atoms. The highest BCUT2D eigenvalue weighted by Gasteiger charge is 2.28. The molecule has 2 heterocycles. The number of carbonyl (C=O) groups is 2. The van der Waals surface area contributed by atoms with Gasteiger partial charge in [-0.15, -0.1) is 0 Å². The average Bonchev–Trinajstić information content (AvgIpc) is 2.84. The van der Waals surface area contributed by atoms with Crippen LogP contribution in [0.15, 0.2) is 23.6 Å². The van der Waals surface area contributed by atoms with E-state index in [0.717, 1.165) is 12.1 Å². The van der Waals surface area contributed by atoms with Gasteiger partial charge in [-0.05, 0) is 18.9 Å². The van der Waals surface area contributed by atoms with Crippen LogP contribution in [0.5, 0.6) is 0 Å². The first-order chi connectivity index (χ1) is 10.9. The van der Waals surface area contributed by atoms with E-state index in [1.807, 2.05) is 13.8 Å². The van der Waals surface area contributed by atoms with E-state index < -0.39 is 5.97 Å². The summed E-state index contributed by atoms with van der Waals surface area (Å²) in [4.78, 5) is 27.6. The minimum atomic E-state index is -1.14. The first-order valence-electron chi connectivity index (χ1n) is 7.43. The fourth-order valence-corrected chi connectivity index (χ4v) is 2.16. The van der Waals surface area contributed by atoms with Crippen LogP contribution in [0.3, 0.4) is 0 Å². The van der Waals surface area contributed by atoms with Crippen molar-refractivity contribution in [1.82, 2.24) is 10.4 Å². The van der Waals surface area contributed by atoms with Gasteiger partial charge in [0.05, 0.1) is 11.3 Å². The van der Waals surface area contributed by atoms with E-state index in [-0.39, 0.29) is 24.5 Å². The van der Waals surface area contributed by atoms with Crippen molar-refractivity contribution in [3.63, 3.8) is 0 Å². The molecular weight excluding hydrogens is 300 g/mol. The molecule has 1 aromatic rings. The van der Waals surface area contributed by atoms with Crippen molar-refractivity contribution in [2.75, 3.05) is 6.54 Å². The molecule has 0 atom stereocenters. The number of carboxylic acids is 1. The summed E-state index contributed by atoms with van der Waals surface area (Å²) in [5.41, 5.74) is 1.09. The Bertz CT molecular complexity index is 610. The van der Waals surface area contributed by atoms with Crippen LogP contribution in [0.1, 0.15) is 43.5 Å². The normalized spacial score (nSPS) is 15.7. The standard InChI is InChI=1S/C15H20N4O4/c1-15(2)9-12(18-23-15)3-6-16-14(22)11-4-7-19(17-10-11)8-5-13(20)21/h4,7,10H,3,5-6,8-9H2,1-2H3,(H-,16,20,21,22). The number of nitrogens with one attached hydrogen (secondary N) is 1. The minimum Gasteiger partial charge on any atom is -0.550 e. The van der Waals surface area contributed by atoms with E-state index in [9.17, 15) is 14.7 Å². The van der Waals surface area contributed by atoms with Crippen LogP contribution in [0.25, 0.3) is 0 Å². The van der Waals surface area contributed by atoms with E-state index in [2.05, 4.69) is 15.6 Å². The van der Waals surface area contributed by atoms with Gasteiger partial charge in [-0.1, -0.05) is 9.84 Å². The van der Waals surface area contributed by atoms with E-state index in [4.69, 9.17) is 4.84 Å². The summed E-state index contributed by atoms with van der Waals surface area (Å²) >= 11 is 0. The molecule has 23 heavy (non-hydrogen) atoms. The lowest BCUT2D eigenvalue weighted by atomic mass is 10.0. The van der Waals surface area contributed by atoms with Crippen molar-refractivity contribution in [1.29, 1.82) is 0 Å². The van der Waals surface area contributed by atoms with Crippen LogP contribution in [-0.2, 0) is 16.2 Å². The molecule has 8 nitrogen and oxygen atoms in total. The lowest BCUT2D eigenvalue weighted by Gasteiger charge is -2.13. The lowest BCUT2D eigenvalue weighted by Crippen LogP contribution is -2.41. The van der Waals surface area contributed by atoms with Crippen molar-refractivity contribution >= 4 is 17.6 Å². The van der Waals surface area contributed by atoms with Gasteiger partial charge in [0.1, 0.15) is 11.8 Å². The number of oxime groups is 1. The Morgan fingerprint density at radius 3 is 2.83 bits per heavy atom. The number of carboxylic acid groups (broad SMARTS) is 1. The van der Waals surface area contributed by atoms with Crippen LogP contribution in [-0.4, -0.2) is 34.8 Å². The summed E-state index contributed by atoms with van der Waals surface area (Å²) in [5.74, 6) is -1.37. The zero-order chi connectivity index (χ0) is 16.9. The van der Waals surface area contributed by atoms with Crippen LogP contribution in [0, 0.1) is 0 Å². The van der Waals surface area contributed by atoms with Crippen molar-refractivity contribution in [3.05, 3.63) is 24.0 Å². The number of hydrogen-bond acceptors (Lipinski definition) is 6. The maximum Gasteiger partial charge on any atom is 0.253 e. The molecule has 1 aliphatic rings. The van der Waals surface area contributed by atoms with Crippen molar-refractivity contribution in [2.45, 2.75) is 45.3 Å². The van der Waals surface area contributed by atoms with Gasteiger partial charge in [-0.25, -0.2) is 0 Å². The smallest absolute Gasteiger partial charge is 0.253 e. The number of carbonyl (C=O) groups excluding carboxylic acids is 2. The molecule has 1 amide bonds. The number of aromatic nitrogens is 2. The second kappa shape index (κ2) is 7.17. The van der Waals surface area contributed by atoms with Gasteiger partial charge >= 0.3 is 0 Å². The van der Waals surface area contributed by atoms with Crippen LogP contribution < -0.4 is 15.1 Å². The highest BCUT2D eigenvalue weighted by atomic mass is 16.7. The van der Waals surface area contributed by atoms with E-state index in [1.165, 1.54) is 10.9 Å². The van der Waals surface area contributed by atoms with Crippen LogP contribution >= 0.6 is 0 Å². The largest absolute Gasteiger partial charge is 0.550 e. The molecule has 0 aromatic carbocycles. The zero-order valence-corrected chi connectivity index (χ0v) is 13.2. The summed E-state index contributed by atoms with van der Waals surface area (Å²) in [5, 5.41) is 21.2. The fraction of sp³-hybridized carbons (Fsp3) is 0.533. The van der Waals surface area contributed by atoms with Crippen LogP contribution in [0.4, 0.5) is 0 Å². The van der Waals surface area contributed by atoms with E-state index >= 15 is 0 Å². The van der Waals surface area contributed by atoms with Crippen molar-refractivity contribution in [2.24, 2.45) is 5.16 Å². The predicted molar refractivity (Wildman–Crippen MR) is 78.2 cm³/mol. The second-order valence-corrected chi connectivity index (χ2v) is 5.99. The molecule has 0 radical (unpaired) electrons. The van der Waals surface area contributed by atoms with E-state index in [0.29, 0.717) is 18.5 Å². The fourth-order valence-electron chi connectivity index (χ4n) is 2.16. The average molecular weight is 320 g/mol. The molecular formula is C15H20N4O4. The van der Waals surface area contributed by atoms with Gasteiger partial charge in [0, 0.05) is 37.8 Å². The summed E-state index contributed by atoms with van der Waals surface area (Å²) in [7, 11) is 0. The van der Waals surface area contributed by atoms with Gasteiger partial charge in [-0.2, -0.15) is 0 Å². The summed E-state index contributed by atoms with van der Waals surface area (Å²) in [6.45, 7) is 4.61. The molecule has 1 aliphatic heterocycles. The monoisotopic (exact) mass is 320 g/mol. The molecule has 124 valence electrons. The molecule has 0 spiro atoms. The molecule has 0 fully saturated rings. The third-order valence-corrected chi connectivity index (χ3v) is 3.33. The summed E-state index contributed by atoms with van der Waals surface area (Å²) < 4.78 is 1.44. The zero-order valence-electron chi connectivity index (χ0n) is 13.2. The number of amides is 1. The lowest BCUT2D eigenvalue weighted by molar-refractivity contribution is -0.753. The third-order valence-electron chi connectivity index (χ3n) is 3.33. The minimum absolute atomic E-state index is 0.121. The summed E-state index contributed by atoms with van der Waals surface area (Å²) in [6.07, 6.45) is 4.25. The molecule has 0 unspecified atom stereocenters. The van der Waals surface area contributed by atoms with E-state index in [1.54, 1.807) is 12.3 Å². The van der Waals surface area contributed by atoms with Crippen molar-refractivity contribution in [3.8, 4) is 0 Å². The topological polar surface area (TPSA) is 108 Å². The Balaban J connectivity index is 1.76. The molecule has 2 rings (SSSR count). The number of hydrogen-bond donors (Lipinski definition) is 1. The maximum absolute atomic E-state index is 12.0. The first-order valence-corrected chi connectivity index (χ1v) is 7.43. The van der Waals surface area contributed by atoms with Gasteiger partial charge in [0.15, 0.2) is 12.7 Å². The molecule has 0 saturated carbocycles. The van der Waals surface area contributed by atoms with Gasteiger partial charge in [-0.3, -0.25) is 4.79 Å². The molecule has 0 aliphatic carbocycles. The molecule has 0 saturated heterocycles. The predicted octanol–water partition coefficient (Wildman–Crippen LogP) is -0.816. The first kappa shape index (κ1) is 16.9. The summed E-state index contributed by atoms with van der Waals surface area (Å²) in [6, 6.07) is 1.59.